The average molecular weight is 418 g/mol. The fourth-order valence-electron chi connectivity index (χ4n) is 2.98. The summed E-state index contributed by atoms with van der Waals surface area (Å²) < 4.78 is 5.24. The van der Waals surface area contributed by atoms with Crippen LogP contribution >= 0.6 is 11.3 Å². The number of pyridine rings is 1. The molecule has 0 N–H and O–H groups in total. The number of nitrogens with zero attached hydrogens (tertiary/aromatic N) is 2. The minimum atomic E-state index is -0.662. The van der Waals surface area contributed by atoms with E-state index < -0.39 is 23.3 Å². The molecule has 0 radical (unpaired) electrons. The molecule has 148 valence electrons. The minimum Gasteiger partial charge on any atom is -0.454 e. The predicted octanol–water partition coefficient (Wildman–Crippen LogP) is 4.91. The number of aromatic nitrogens is 1. The number of esters is 1. The Morgan fingerprint density at radius 1 is 1.03 bits per heavy atom. The van der Waals surface area contributed by atoms with Crippen molar-refractivity contribution >= 4 is 39.7 Å². The number of carbonyl (C=O) groups is 2. The Labute approximate surface area is 174 Å². The minimum absolute atomic E-state index is 0.107. The molecule has 0 spiro atoms. The lowest BCUT2D eigenvalue weighted by Gasteiger charge is -2.09. The van der Waals surface area contributed by atoms with Gasteiger partial charge in [-0.1, -0.05) is 36.4 Å². The van der Waals surface area contributed by atoms with Crippen molar-refractivity contribution in [1.82, 2.24) is 4.98 Å². The second-order valence-corrected chi connectivity index (χ2v) is 7.30. The van der Waals surface area contributed by atoms with E-state index in [1.165, 1.54) is 29.5 Å². The van der Waals surface area contributed by atoms with Gasteiger partial charge >= 0.3 is 5.97 Å². The quantitative estimate of drug-likeness (QED) is 0.191. The molecule has 2 heterocycles. The Morgan fingerprint density at radius 3 is 2.63 bits per heavy atom. The van der Waals surface area contributed by atoms with Gasteiger partial charge in [0.25, 0.3) is 5.69 Å². The highest BCUT2D eigenvalue weighted by Crippen LogP contribution is 2.28. The fourth-order valence-corrected chi connectivity index (χ4v) is 3.67. The van der Waals surface area contributed by atoms with Gasteiger partial charge in [0, 0.05) is 23.1 Å². The van der Waals surface area contributed by atoms with E-state index in [1.807, 2.05) is 23.6 Å². The summed E-state index contributed by atoms with van der Waals surface area (Å²) in [6.45, 7) is -0.523. The molecule has 0 atom stereocenters. The lowest BCUT2D eigenvalue weighted by atomic mass is 10.1. The van der Waals surface area contributed by atoms with E-state index in [9.17, 15) is 19.7 Å². The maximum atomic E-state index is 12.8. The number of Topliss-reactive ketones (excluding diaryl/α,β-unsaturated/α-hetero) is 1. The number of rotatable bonds is 6. The standard InChI is InChI=1S/C22H14N2O5S/c25-20(14-5-3-6-15(11-14)24(27)28)13-29-22(26)17-12-19(21-9-4-10-30-21)23-18-8-2-1-7-16(17)18/h1-12H,13H2. The third-order valence-electron chi connectivity index (χ3n) is 4.42. The van der Waals surface area contributed by atoms with E-state index in [0.717, 1.165) is 10.9 Å². The molecule has 0 saturated heterocycles. The Bertz CT molecular complexity index is 1270. The van der Waals surface area contributed by atoms with Crippen molar-refractivity contribution in [2.75, 3.05) is 6.61 Å². The van der Waals surface area contributed by atoms with Crippen LogP contribution in [0.5, 0.6) is 0 Å². The summed E-state index contributed by atoms with van der Waals surface area (Å²) in [5, 5.41) is 13.4. The Morgan fingerprint density at radius 2 is 1.87 bits per heavy atom. The number of nitro benzene ring substituents is 1. The summed E-state index contributed by atoms with van der Waals surface area (Å²) in [4.78, 5) is 41.0. The van der Waals surface area contributed by atoms with Gasteiger partial charge in [0.1, 0.15) is 0 Å². The van der Waals surface area contributed by atoms with Gasteiger partial charge in [0.05, 0.1) is 26.6 Å². The largest absolute Gasteiger partial charge is 0.454 e. The number of benzene rings is 2. The monoisotopic (exact) mass is 418 g/mol. The first-order chi connectivity index (χ1) is 14.5. The second-order valence-electron chi connectivity index (χ2n) is 6.36. The van der Waals surface area contributed by atoms with Crippen molar-refractivity contribution in [3.05, 3.63) is 93.4 Å². The molecule has 0 fully saturated rings. The van der Waals surface area contributed by atoms with Gasteiger partial charge in [-0.25, -0.2) is 9.78 Å². The maximum Gasteiger partial charge on any atom is 0.339 e. The first-order valence-electron chi connectivity index (χ1n) is 8.91. The van der Waals surface area contributed by atoms with E-state index in [-0.39, 0.29) is 11.3 Å². The number of hydrogen-bond acceptors (Lipinski definition) is 7. The molecule has 7 nitrogen and oxygen atoms in total. The van der Waals surface area contributed by atoms with Crippen LogP contribution in [-0.4, -0.2) is 28.3 Å². The Balaban J connectivity index is 1.60. The molecule has 4 rings (SSSR count). The van der Waals surface area contributed by atoms with Crippen LogP contribution in [0.2, 0.25) is 0 Å². The molecule has 2 aromatic carbocycles. The number of non-ortho nitro benzene ring substituents is 1. The zero-order valence-electron chi connectivity index (χ0n) is 15.5. The zero-order valence-corrected chi connectivity index (χ0v) is 16.3. The molecule has 30 heavy (non-hydrogen) atoms. The molecule has 0 aliphatic rings. The molecule has 4 aromatic rings. The summed E-state index contributed by atoms with van der Waals surface area (Å²) in [6, 6.07) is 17.9. The molecule has 8 heteroatoms. The van der Waals surface area contributed by atoms with Gasteiger partial charge in [-0.3, -0.25) is 14.9 Å². The highest BCUT2D eigenvalue weighted by molar-refractivity contribution is 7.13. The maximum absolute atomic E-state index is 12.8. The Kier molecular flexibility index (Phi) is 5.32. The van der Waals surface area contributed by atoms with E-state index in [0.29, 0.717) is 22.2 Å². The van der Waals surface area contributed by atoms with Crippen molar-refractivity contribution in [3.63, 3.8) is 0 Å². The predicted molar refractivity (Wildman–Crippen MR) is 113 cm³/mol. The number of carbonyl (C=O) groups excluding carboxylic acids is 2. The van der Waals surface area contributed by atoms with Crippen LogP contribution in [0.15, 0.2) is 72.1 Å². The number of fused-ring (bicyclic) bond motifs is 1. The van der Waals surface area contributed by atoms with Crippen LogP contribution in [0.4, 0.5) is 5.69 Å². The summed E-state index contributed by atoms with van der Waals surface area (Å²) in [6.07, 6.45) is 0. The lowest BCUT2D eigenvalue weighted by Crippen LogP contribution is -2.15. The number of hydrogen-bond donors (Lipinski definition) is 0. The van der Waals surface area contributed by atoms with Gasteiger partial charge in [0.2, 0.25) is 5.78 Å². The third kappa shape index (κ3) is 3.94. The molecule has 0 aliphatic heterocycles. The smallest absolute Gasteiger partial charge is 0.339 e. The SMILES string of the molecule is O=C(COC(=O)c1cc(-c2cccs2)nc2ccccc12)c1cccc([N+](=O)[O-])c1. The molecule has 0 unspecified atom stereocenters. The summed E-state index contributed by atoms with van der Waals surface area (Å²) in [5.74, 6) is -1.19. The first kappa shape index (κ1) is 19.4. The second kappa shape index (κ2) is 8.22. The van der Waals surface area contributed by atoms with Crippen molar-refractivity contribution < 1.29 is 19.2 Å². The molecule has 0 amide bonds. The van der Waals surface area contributed by atoms with Crippen molar-refractivity contribution in [3.8, 4) is 10.6 Å². The summed E-state index contributed by atoms with van der Waals surface area (Å²) >= 11 is 1.50. The van der Waals surface area contributed by atoms with Crippen LogP contribution in [0.25, 0.3) is 21.5 Å². The van der Waals surface area contributed by atoms with E-state index in [1.54, 1.807) is 24.3 Å². The normalized spacial score (nSPS) is 10.7. The van der Waals surface area contributed by atoms with Crippen LogP contribution in [-0.2, 0) is 4.74 Å². The lowest BCUT2D eigenvalue weighted by molar-refractivity contribution is -0.384. The highest BCUT2D eigenvalue weighted by Gasteiger charge is 2.18. The van der Waals surface area contributed by atoms with E-state index in [2.05, 4.69) is 4.98 Å². The number of ether oxygens (including phenoxy) is 1. The molecular weight excluding hydrogens is 404 g/mol. The third-order valence-corrected chi connectivity index (χ3v) is 5.32. The van der Waals surface area contributed by atoms with E-state index in [4.69, 9.17) is 4.74 Å². The van der Waals surface area contributed by atoms with Gasteiger partial charge in [-0.15, -0.1) is 11.3 Å². The van der Waals surface area contributed by atoms with Crippen LogP contribution in [0.3, 0.4) is 0 Å². The topological polar surface area (TPSA) is 99.4 Å². The van der Waals surface area contributed by atoms with Gasteiger partial charge < -0.3 is 4.74 Å². The number of ketones is 1. The number of thiophene rings is 1. The zero-order chi connectivity index (χ0) is 21.1. The van der Waals surface area contributed by atoms with Crippen LogP contribution < -0.4 is 0 Å². The number of para-hydroxylation sites is 1. The average Bonchev–Trinajstić information content (AvgIpc) is 3.31. The number of nitro groups is 1. The molecular formula is C22H14N2O5S. The molecule has 2 aromatic heterocycles. The van der Waals surface area contributed by atoms with Crippen LogP contribution in [0.1, 0.15) is 20.7 Å². The fraction of sp³-hybridized carbons (Fsp3) is 0.0455. The Hall–Kier alpha value is -3.91. The van der Waals surface area contributed by atoms with Gasteiger partial charge in [0.15, 0.2) is 6.61 Å². The van der Waals surface area contributed by atoms with E-state index >= 15 is 0 Å². The summed E-state index contributed by atoms with van der Waals surface area (Å²) in [7, 11) is 0. The first-order valence-corrected chi connectivity index (χ1v) is 9.79. The van der Waals surface area contributed by atoms with Crippen LogP contribution in [0, 0.1) is 10.1 Å². The molecule has 0 saturated carbocycles. The summed E-state index contributed by atoms with van der Waals surface area (Å²) in [5.41, 5.74) is 1.49. The highest BCUT2D eigenvalue weighted by atomic mass is 32.1. The molecule has 0 aliphatic carbocycles. The van der Waals surface area contributed by atoms with Crippen molar-refractivity contribution in [2.24, 2.45) is 0 Å². The van der Waals surface area contributed by atoms with Crippen molar-refractivity contribution in [1.29, 1.82) is 0 Å². The van der Waals surface area contributed by atoms with Gasteiger partial charge in [-0.05, 0) is 23.6 Å². The van der Waals surface area contributed by atoms with Crippen molar-refractivity contribution in [2.45, 2.75) is 0 Å². The molecule has 0 bridgehead atoms. The van der Waals surface area contributed by atoms with Gasteiger partial charge in [-0.2, -0.15) is 0 Å².